The number of anilines is 2. The molecule has 1 aromatic heterocycles. The van der Waals surface area contributed by atoms with Gasteiger partial charge in [-0.1, -0.05) is 22.0 Å². The first-order valence-electron chi connectivity index (χ1n) is 9.50. The Bertz CT molecular complexity index is 829. The van der Waals surface area contributed by atoms with Crippen molar-refractivity contribution >= 4 is 33.6 Å². The van der Waals surface area contributed by atoms with E-state index in [0.29, 0.717) is 13.1 Å². The Morgan fingerprint density at radius 1 is 0.963 bits per heavy atom. The van der Waals surface area contributed by atoms with Gasteiger partial charge in [0, 0.05) is 61.1 Å². The zero-order valence-corrected chi connectivity index (χ0v) is 17.2. The minimum absolute atomic E-state index is 0.0903. The van der Waals surface area contributed by atoms with Crippen LogP contribution in [-0.4, -0.2) is 60.0 Å². The molecule has 7 heteroatoms. The summed E-state index contributed by atoms with van der Waals surface area (Å²) in [5.74, 6) is 1.90. The molecule has 0 atom stereocenters. The largest absolute Gasteiger partial charge is 0.353 e. The van der Waals surface area contributed by atoms with E-state index in [-0.39, 0.29) is 5.91 Å². The van der Waals surface area contributed by atoms with Gasteiger partial charge in [0.2, 0.25) is 5.95 Å². The average molecular weight is 430 g/mol. The van der Waals surface area contributed by atoms with E-state index in [1.165, 1.54) is 12.8 Å². The Kier molecular flexibility index (Phi) is 5.29. The van der Waals surface area contributed by atoms with Crippen molar-refractivity contribution in [1.82, 2.24) is 14.9 Å². The number of halogens is 1. The van der Waals surface area contributed by atoms with E-state index in [1.807, 2.05) is 42.2 Å². The molecule has 0 saturated carbocycles. The van der Waals surface area contributed by atoms with Gasteiger partial charge in [-0.3, -0.25) is 4.79 Å². The lowest BCUT2D eigenvalue weighted by Gasteiger charge is -2.35. The lowest BCUT2D eigenvalue weighted by Crippen LogP contribution is -2.49. The monoisotopic (exact) mass is 429 g/mol. The highest BCUT2D eigenvalue weighted by Crippen LogP contribution is 2.22. The number of piperazine rings is 1. The van der Waals surface area contributed by atoms with Crippen LogP contribution in [0.3, 0.4) is 0 Å². The summed E-state index contributed by atoms with van der Waals surface area (Å²) in [6.45, 7) is 7.08. The fourth-order valence-electron chi connectivity index (χ4n) is 3.70. The van der Waals surface area contributed by atoms with E-state index < -0.39 is 0 Å². The molecule has 0 N–H and O–H groups in total. The summed E-state index contributed by atoms with van der Waals surface area (Å²) in [5.41, 5.74) is 1.72. The zero-order chi connectivity index (χ0) is 18.8. The van der Waals surface area contributed by atoms with Gasteiger partial charge in [0.1, 0.15) is 5.82 Å². The number of carbonyl (C=O) groups is 1. The Balaban J connectivity index is 1.44. The third kappa shape index (κ3) is 4.08. The number of hydrogen-bond acceptors (Lipinski definition) is 5. The maximum absolute atomic E-state index is 12.7. The van der Waals surface area contributed by atoms with Crippen molar-refractivity contribution in [3.63, 3.8) is 0 Å². The summed E-state index contributed by atoms with van der Waals surface area (Å²) in [4.78, 5) is 28.6. The fraction of sp³-hybridized carbons (Fsp3) is 0.450. The Morgan fingerprint density at radius 2 is 1.70 bits per heavy atom. The number of nitrogens with zero attached hydrogens (tertiary/aromatic N) is 5. The van der Waals surface area contributed by atoms with Crippen LogP contribution in [0.2, 0.25) is 0 Å². The van der Waals surface area contributed by atoms with E-state index in [9.17, 15) is 4.79 Å². The highest BCUT2D eigenvalue weighted by Gasteiger charge is 2.24. The molecule has 2 aromatic rings. The third-order valence-electron chi connectivity index (χ3n) is 5.18. The van der Waals surface area contributed by atoms with Crippen molar-refractivity contribution in [3.8, 4) is 0 Å². The van der Waals surface area contributed by atoms with Gasteiger partial charge in [-0.05, 0) is 38.0 Å². The normalized spacial score (nSPS) is 17.5. The molecule has 0 unspecified atom stereocenters. The second-order valence-electron chi connectivity index (χ2n) is 7.15. The number of benzene rings is 1. The number of hydrogen-bond donors (Lipinski definition) is 0. The van der Waals surface area contributed by atoms with E-state index in [2.05, 4.69) is 30.7 Å². The Morgan fingerprint density at radius 3 is 2.41 bits per heavy atom. The molecule has 1 amide bonds. The molecule has 6 nitrogen and oxygen atoms in total. The molecule has 4 rings (SSSR count). The lowest BCUT2D eigenvalue weighted by atomic mass is 10.2. The van der Waals surface area contributed by atoms with Gasteiger partial charge < -0.3 is 14.7 Å². The van der Waals surface area contributed by atoms with Gasteiger partial charge in [0.25, 0.3) is 5.91 Å². The van der Waals surface area contributed by atoms with Gasteiger partial charge in [-0.25, -0.2) is 4.98 Å². The van der Waals surface area contributed by atoms with Crippen molar-refractivity contribution < 1.29 is 4.79 Å². The van der Waals surface area contributed by atoms with E-state index in [1.54, 1.807) is 0 Å². The molecule has 1 aromatic carbocycles. The molecule has 2 aliphatic rings. The van der Waals surface area contributed by atoms with Crippen LogP contribution in [0.25, 0.3) is 0 Å². The fourth-order valence-corrected chi connectivity index (χ4v) is 4.10. The highest BCUT2D eigenvalue weighted by molar-refractivity contribution is 9.10. The number of carbonyl (C=O) groups excluding carboxylic acids is 1. The average Bonchev–Trinajstić information content (AvgIpc) is 3.22. The number of amides is 1. The van der Waals surface area contributed by atoms with Crippen molar-refractivity contribution in [3.05, 3.63) is 46.1 Å². The van der Waals surface area contributed by atoms with Crippen LogP contribution in [0.15, 0.2) is 34.8 Å². The minimum atomic E-state index is 0.0903. The predicted molar refractivity (Wildman–Crippen MR) is 110 cm³/mol. The van der Waals surface area contributed by atoms with Gasteiger partial charge in [0.15, 0.2) is 0 Å². The summed E-state index contributed by atoms with van der Waals surface area (Å²) >= 11 is 3.44. The summed E-state index contributed by atoms with van der Waals surface area (Å²) < 4.78 is 0.929. The molecule has 2 aliphatic heterocycles. The molecule has 0 radical (unpaired) electrons. The van der Waals surface area contributed by atoms with Crippen molar-refractivity contribution in [2.45, 2.75) is 19.8 Å². The quantitative estimate of drug-likeness (QED) is 0.749. The van der Waals surface area contributed by atoms with Crippen LogP contribution in [0.1, 0.15) is 28.9 Å². The maximum atomic E-state index is 12.7. The van der Waals surface area contributed by atoms with Crippen molar-refractivity contribution in [1.29, 1.82) is 0 Å². The molecule has 27 heavy (non-hydrogen) atoms. The van der Waals surface area contributed by atoms with Gasteiger partial charge in [-0.15, -0.1) is 0 Å². The second-order valence-corrected chi connectivity index (χ2v) is 8.07. The molecular weight excluding hydrogens is 406 g/mol. The topological polar surface area (TPSA) is 52.6 Å². The number of aromatic nitrogens is 2. The molecule has 0 bridgehead atoms. The number of rotatable bonds is 3. The summed E-state index contributed by atoms with van der Waals surface area (Å²) in [7, 11) is 0. The molecule has 2 saturated heterocycles. The van der Waals surface area contributed by atoms with E-state index >= 15 is 0 Å². The minimum Gasteiger partial charge on any atom is -0.353 e. The van der Waals surface area contributed by atoms with E-state index in [4.69, 9.17) is 4.98 Å². The van der Waals surface area contributed by atoms with Crippen LogP contribution in [-0.2, 0) is 0 Å². The number of aryl methyl sites for hydroxylation is 1. The molecule has 0 spiro atoms. The summed E-state index contributed by atoms with van der Waals surface area (Å²) in [6.07, 6.45) is 2.42. The molecular formula is C20H24BrN5O. The smallest absolute Gasteiger partial charge is 0.254 e. The second kappa shape index (κ2) is 7.84. The lowest BCUT2D eigenvalue weighted by molar-refractivity contribution is 0.0746. The predicted octanol–water partition coefficient (Wildman–Crippen LogP) is 3.11. The first kappa shape index (κ1) is 18.2. The molecule has 3 heterocycles. The van der Waals surface area contributed by atoms with Crippen molar-refractivity contribution in [2.24, 2.45) is 0 Å². The Labute approximate surface area is 168 Å². The molecule has 0 aliphatic carbocycles. The van der Waals surface area contributed by atoms with Crippen LogP contribution in [0.5, 0.6) is 0 Å². The first-order valence-corrected chi connectivity index (χ1v) is 10.3. The van der Waals surface area contributed by atoms with Crippen LogP contribution < -0.4 is 9.80 Å². The molecule has 2 fully saturated rings. The maximum Gasteiger partial charge on any atom is 0.254 e. The summed E-state index contributed by atoms with van der Waals surface area (Å²) in [5, 5.41) is 0. The van der Waals surface area contributed by atoms with Crippen LogP contribution in [0, 0.1) is 6.92 Å². The Hall–Kier alpha value is -2.15. The van der Waals surface area contributed by atoms with Crippen LogP contribution in [0.4, 0.5) is 11.8 Å². The zero-order valence-electron chi connectivity index (χ0n) is 15.6. The van der Waals surface area contributed by atoms with Crippen LogP contribution >= 0.6 is 15.9 Å². The van der Waals surface area contributed by atoms with Crippen molar-refractivity contribution in [2.75, 3.05) is 49.1 Å². The SMILES string of the molecule is Cc1cc(N2CCN(C(=O)c3cccc(Br)c3)CC2)nc(N2CCCC2)n1. The van der Waals surface area contributed by atoms with Gasteiger partial charge >= 0.3 is 0 Å². The van der Waals surface area contributed by atoms with Gasteiger partial charge in [0.05, 0.1) is 0 Å². The first-order chi connectivity index (χ1) is 13.1. The van der Waals surface area contributed by atoms with E-state index in [0.717, 1.165) is 53.7 Å². The van der Waals surface area contributed by atoms with Gasteiger partial charge in [-0.2, -0.15) is 4.98 Å². The standard InChI is InChI=1S/C20H24BrN5O/c1-15-13-18(23-20(22-15)26-7-2-3-8-26)24-9-11-25(12-10-24)19(27)16-5-4-6-17(21)14-16/h4-6,13-14H,2-3,7-12H2,1H3. The highest BCUT2D eigenvalue weighted by atomic mass is 79.9. The third-order valence-corrected chi connectivity index (χ3v) is 5.67. The molecule has 142 valence electrons. The summed E-state index contributed by atoms with van der Waals surface area (Å²) in [6, 6.07) is 9.63.